The highest BCUT2D eigenvalue weighted by Gasteiger charge is 2.31. The second-order valence-corrected chi connectivity index (χ2v) is 11.9. The number of hydrogen-bond donors (Lipinski definition) is 0. The summed E-state index contributed by atoms with van der Waals surface area (Å²) in [6.07, 6.45) is -4.77. The maximum Gasteiger partial charge on any atom is 0.573 e. The number of aryl methyl sites for hydroxylation is 2. The Hall–Kier alpha value is -4.35. The van der Waals surface area contributed by atoms with Crippen molar-refractivity contribution in [3.8, 4) is 23.3 Å². The molecule has 0 N–H and O–H groups in total. The summed E-state index contributed by atoms with van der Waals surface area (Å²) >= 11 is 0. The Bertz CT molecular complexity index is 1510. The zero-order valence-electron chi connectivity index (χ0n) is 23.6. The molecule has 0 fully saturated rings. The number of rotatable bonds is 8. The number of halogens is 3. The third kappa shape index (κ3) is 8.58. The first kappa shape index (κ1) is 30.6. The summed E-state index contributed by atoms with van der Waals surface area (Å²) in [6, 6.07) is 30.0. The molecular weight excluding hydrogens is 561 g/mol. The van der Waals surface area contributed by atoms with Gasteiger partial charge in [-0.25, -0.2) is 4.79 Å². The van der Waals surface area contributed by atoms with E-state index >= 15 is 0 Å². The molecule has 0 saturated heterocycles. The summed E-state index contributed by atoms with van der Waals surface area (Å²) in [6.45, 7) is 6.85. The van der Waals surface area contributed by atoms with Crippen molar-refractivity contribution in [1.82, 2.24) is 0 Å². The van der Waals surface area contributed by atoms with Gasteiger partial charge in [-0.05, 0) is 87.4 Å². The summed E-state index contributed by atoms with van der Waals surface area (Å²) in [5.41, 5.74) is 1.09. The summed E-state index contributed by atoms with van der Waals surface area (Å²) in [7, 11) is -0.313. The van der Waals surface area contributed by atoms with Gasteiger partial charge in [0.05, 0.1) is 10.9 Å². The fraction of sp³-hybridized carbons (Fsp3) is 0.206. The maximum atomic E-state index is 12.7. The van der Waals surface area contributed by atoms with Crippen molar-refractivity contribution in [3.63, 3.8) is 0 Å². The molecule has 8 heteroatoms. The van der Waals surface area contributed by atoms with Gasteiger partial charge in [-0.3, -0.25) is 0 Å². The lowest BCUT2D eigenvalue weighted by molar-refractivity contribution is -0.274. The van der Waals surface area contributed by atoms with Gasteiger partial charge in [0, 0.05) is 17.7 Å². The molecule has 0 saturated carbocycles. The molecule has 0 unspecified atom stereocenters. The van der Waals surface area contributed by atoms with E-state index < -0.39 is 17.9 Å². The van der Waals surface area contributed by atoms with Crippen molar-refractivity contribution in [2.45, 2.75) is 54.3 Å². The van der Waals surface area contributed by atoms with Crippen LogP contribution in [-0.2, 0) is 20.4 Å². The molecule has 0 aliphatic heterocycles. The summed E-state index contributed by atoms with van der Waals surface area (Å²) < 4.78 is 52.3. The average molecular weight is 592 g/mol. The molecule has 0 heterocycles. The molecule has 4 aromatic rings. The highest BCUT2D eigenvalue weighted by molar-refractivity contribution is 7.97. The average Bonchev–Trinajstić information content (AvgIpc) is 2.92. The Balaban J connectivity index is 1.43. The Morgan fingerprint density at radius 1 is 0.786 bits per heavy atom. The van der Waals surface area contributed by atoms with Crippen LogP contribution in [0.5, 0.6) is 11.5 Å². The van der Waals surface area contributed by atoms with E-state index in [0.717, 1.165) is 16.0 Å². The first-order valence-electron chi connectivity index (χ1n) is 13.1. The van der Waals surface area contributed by atoms with Gasteiger partial charge >= 0.3 is 12.3 Å². The van der Waals surface area contributed by atoms with Crippen molar-refractivity contribution < 1.29 is 32.2 Å². The van der Waals surface area contributed by atoms with E-state index in [4.69, 9.17) is 9.47 Å². The van der Waals surface area contributed by atoms with Crippen LogP contribution in [0.4, 0.5) is 13.2 Å². The lowest BCUT2D eigenvalue weighted by atomic mass is 10.1. The molecule has 0 amide bonds. The molecule has 0 aliphatic carbocycles. The minimum atomic E-state index is -4.77. The number of carbonyl (C=O) groups excluding carboxylic acids is 1. The zero-order chi connectivity index (χ0) is 30.3. The Morgan fingerprint density at radius 2 is 1.31 bits per heavy atom. The van der Waals surface area contributed by atoms with Gasteiger partial charge in [-0.1, -0.05) is 48.2 Å². The molecular formula is C34H30F3O4S+. The van der Waals surface area contributed by atoms with Crippen LogP contribution < -0.4 is 9.47 Å². The number of carbonyl (C=O) groups is 1. The summed E-state index contributed by atoms with van der Waals surface area (Å²) in [5, 5.41) is 0. The molecule has 0 aliphatic rings. The van der Waals surface area contributed by atoms with Gasteiger partial charge in [0.1, 0.15) is 11.5 Å². The second kappa shape index (κ2) is 13.1. The van der Waals surface area contributed by atoms with Crippen molar-refractivity contribution in [2.75, 3.05) is 6.61 Å². The fourth-order valence-electron chi connectivity index (χ4n) is 4.21. The summed E-state index contributed by atoms with van der Waals surface area (Å²) in [4.78, 5) is 16.2. The lowest BCUT2D eigenvalue weighted by Crippen LogP contribution is -2.29. The van der Waals surface area contributed by atoms with Crippen LogP contribution in [0.15, 0.2) is 112 Å². The van der Waals surface area contributed by atoms with E-state index in [1.807, 2.05) is 50.2 Å². The van der Waals surface area contributed by atoms with Crippen LogP contribution in [0.1, 0.15) is 30.5 Å². The molecule has 0 aromatic heterocycles. The predicted octanol–water partition coefficient (Wildman–Crippen LogP) is 8.05. The largest absolute Gasteiger partial charge is 0.573 e. The molecule has 0 atom stereocenters. The van der Waals surface area contributed by atoms with E-state index in [2.05, 4.69) is 53.0 Å². The topological polar surface area (TPSA) is 44.8 Å². The molecule has 0 radical (unpaired) electrons. The summed E-state index contributed by atoms with van der Waals surface area (Å²) in [5.74, 6) is 5.32. The van der Waals surface area contributed by atoms with Crippen LogP contribution in [0.2, 0.25) is 0 Å². The standard InChI is InChI=1S/C34H30F3O4S/c1-24-21-30(42(28-11-7-5-8-12-28)29-13-9-6-10-14-29)22-25(2)32(24)39-23-31(38)41-33(3,4)20-19-26-15-17-27(18-16-26)40-34(35,36)37/h5-18,21-22H,23H2,1-4H3/q+1. The molecule has 216 valence electrons. The van der Waals surface area contributed by atoms with Crippen LogP contribution in [0, 0.1) is 25.7 Å². The number of hydrogen-bond acceptors (Lipinski definition) is 4. The molecule has 4 aromatic carbocycles. The smallest absolute Gasteiger partial charge is 0.481 e. The van der Waals surface area contributed by atoms with E-state index in [1.165, 1.54) is 34.1 Å². The molecule has 4 nitrogen and oxygen atoms in total. The number of ether oxygens (including phenoxy) is 3. The highest BCUT2D eigenvalue weighted by Crippen LogP contribution is 2.35. The molecule has 0 spiro atoms. The van der Waals surface area contributed by atoms with Crippen molar-refractivity contribution in [1.29, 1.82) is 0 Å². The Kier molecular flexibility index (Phi) is 9.54. The minimum absolute atomic E-state index is 0.307. The third-order valence-corrected chi connectivity index (χ3v) is 8.12. The van der Waals surface area contributed by atoms with Crippen molar-refractivity contribution >= 4 is 16.9 Å². The monoisotopic (exact) mass is 591 g/mol. The lowest BCUT2D eigenvalue weighted by Gasteiger charge is -2.20. The predicted molar refractivity (Wildman–Crippen MR) is 157 cm³/mol. The van der Waals surface area contributed by atoms with Crippen molar-refractivity contribution in [3.05, 3.63) is 114 Å². The zero-order valence-corrected chi connectivity index (χ0v) is 24.4. The SMILES string of the molecule is Cc1cc([S+](c2ccccc2)c2ccccc2)cc(C)c1OCC(=O)OC(C)(C)C#Cc1ccc(OC(F)(F)F)cc1. The van der Waals surface area contributed by atoms with Crippen molar-refractivity contribution in [2.24, 2.45) is 0 Å². The maximum absolute atomic E-state index is 12.7. The molecule has 42 heavy (non-hydrogen) atoms. The van der Waals surface area contributed by atoms with Gasteiger partial charge in [-0.15, -0.1) is 13.2 Å². The van der Waals surface area contributed by atoms with E-state index in [0.29, 0.717) is 11.3 Å². The molecule has 0 bridgehead atoms. The molecule has 4 rings (SSSR count). The normalized spacial score (nSPS) is 11.4. The van der Waals surface area contributed by atoms with E-state index in [9.17, 15) is 18.0 Å². The Morgan fingerprint density at radius 3 is 1.81 bits per heavy atom. The second-order valence-electron chi connectivity index (χ2n) is 9.91. The quantitative estimate of drug-likeness (QED) is 0.118. The van der Waals surface area contributed by atoms with Gasteiger partial charge in [0.15, 0.2) is 26.9 Å². The van der Waals surface area contributed by atoms with E-state index in [1.54, 1.807) is 13.8 Å². The van der Waals surface area contributed by atoms with Crippen LogP contribution in [0.25, 0.3) is 0 Å². The number of benzene rings is 4. The highest BCUT2D eigenvalue weighted by atomic mass is 32.2. The number of alkyl halides is 3. The number of esters is 1. The third-order valence-electron chi connectivity index (χ3n) is 5.93. The minimum Gasteiger partial charge on any atom is -0.481 e. The Labute approximate surface area is 246 Å². The van der Waals surface area contributed by atoms with Gasteiger partial charge in [-0.2, -0.15) is 0 Å². The van der Waals surface area contributed by atoms with Gasteiger partial charge < -0.3 is 14.2 Å². The van der Waals surface area contributed by atoms with Crippen LogP contribution >= 0.6 is 0 Å². The first-order valence-corrected chi connectivity index (χ1v) is 14.3. The van der Waals surface area contributed by atoms with Gasteiger partial charge in [0.2, 0.25) is 0 Å². The van der Waals surface area contributed by atoms with Crippen LogP contribution in [-0.4, -0.2) is 24.5 Å². The van der Waals surface area contributed by atoms with Gasteiger partial charge in [0.25, 0.3) is 0 Å². The first-order chi connectivity index (χ1) is 19.9. The van der Waals surface area contributed by atoms with Crippen LogP contribution in [0.3, 0.4) is 0 Å². The fourth-order valence-corrected chi connectivity index (χ4v) is 6.48. The van der Waals surface area contributed by atoms with E-state index in [-0.39, 0.29) is 23.3 Å².